The van der Waals surface area contributed by atoms with Gasteiger partial charge in [-0.2, -0.15) is 0 Å². The van der Waals surface area contributed by atoms with Gasteiger partial charge in [-0.25, -0.2) is 0 Å². The van der Waals surface area contributed by atoms with Gasteiger partial charge in [-0.1, -0.05) is 191 Å². The molecule has 408 valence electrons. The second kappa shape index (κ2) is 42.3. The van der Waals surface area contributed by atoms with Crippen LogP contribution in [0, 0.1) is 0 Å². The largest absolute Gasteiger partial charge is 0.394 e. The third-order valence-corrected chi connectivity index (χ3v) is 13.5. The van der Waals surface area contributed by atoms with E-state index < -0.39 is 86.8 Å². The van der Waals surface area contributed by atoms with E-state index >= 15 is 0 Å². The molecule has 0 bridgehead atoms. The van der Waals surface area contributed by atoms with Gasteiger partial charge in [-0.15, -0.1) is 0 Å². The molecule has 2 heterocycles. The van der Waals surface area contributed by atoms with Crippen molar-refractivity contribution in [1.82, 2.24) is 5.32 Å². The maximum Gasteiger partial charge on any atom is 0.220 e. The molecule has 12 atom stereocenters. The molecule has 0 aliphatic carbocycles. The Bertz CT molecular complexity index is 1360. The lowest BCUT2D eigenvalue weighted by atomic mass is 9.97. The topological polar surface area (TPSA) is 228 Å². The fraction of sp³-hybridized carbons (Fsp3) is 0.839. The Morgan fingerprint density at radius 3 is 1.53 bits per heavy atom. The molecule has 70 heavy (non-hydrogen) atoms. The van der Waals surface area contributed by atoms with Gasteiger partial charge in [0, 0.05) is 6.42 Å². The Hall–Kier alpha value is -2.05. The summed E-state index contributed by atoms with van der Waals surface area (Å²) in [5.74, 6) is -0.264. The van der Waals surface area contributed by atoms with Crippen molar-refractivity contribution in [2.45, 2.75) is 280 Å². The fourth-order valence-corrected chi connectivity index (χ4v) is 8.91. The van der Waals surface area contributed by atoms with Crippen LogP contribution in [0.5, 0.6) is 0 Å². The van der Waals surface area contributed by atoms with E-state index in [9.17, 15) is 45.6 Å². The van der Waals surface area contributed by atoms with Crippen molar-refractivity contribution < 1.29 is 64.6 Å². The number of allylic oxidation sites excluding steroid dienone is 7. The number of rotatable bonds is 43. The molecule has 0 aromatic rings. The monoisotopic (exact) mass is 996 g/mol. The first-order chi connectivity index (χ1) is 34.1. The quantitative estimate of drug-likeness (QED) is 0.0207. The third kappa shape index (κ3) is 28.4. The summed E-state index contributed by atoms with van der Waals surface area (Å²) < 4.78 is 22.7. The molecule has 1 amide bonds. The SMILES string of the molecule is CCCC/C=C\C/C=C\CCCCCCCC(=O)NC(COC1OC(CO)C(OC2OC(CO)C(O)C(O)C2O)C(O)C1O)C(O)/C=C/CC/C=C/CCCCCCCCCCCCCCCCCC. The lowest BCUT2D eigenvalue weighted by Gasteiger charge is -2.46. The van der Waals surface area contributed by atoms with Crippen molar-refractivity contribution in [2.24, 2.45) is 0 Å². The smallest absolute Gasteiger partial charge is 0.220 e. The van der Waals surface area contributed by atoms with Crippen LogP contribution in [0.2, 0.25) is 0 Å². The summed E-state index contributed by atoms with van der Waals surface area (Å²) in [5, 5.41) is 86.9. The fourth-order valence-electron chi connectivity index (χ4n) is 8.91. The van der Waals surface area contributed by atoms with Crippen LogP contribution >= 0.6 is 0 Å². The lowest BCUT2D eigenvalue weighted by Crippen LogP contribution is -2.65. The minimum atomic E-state index is -1.79. The number of nitrogens with one attached hydrogen (secondary N) is 1. The zero-order valence-electron chi connectivity index (χ0n) is 43.5. The first-order valence-corrected chi connectivity index (χ1v) is 27.9. The van der Waals surface area contributed by atoms with Gasteiger partial charge < -0.3 is 65.1 Å². The number of amides is 1. The van der Waals surface area contributed by atoms with Gasteiger partial charge in [0.15, 0.2) is 12.6 Å². The summed E-state index contributed by atoms with van der Waals surface area (Å²) in [5.41, 5.74) is 0. The Balaban J connectivity index is 1.82. The van der Waals surface area contributed by atoms with Crippen molar-refractivity contribution in [1.29, 1.82) is 0 Å². The number of unbranched alkanes of at least 4 members (excludes halogenated alkanes) is 24. The molecule has 2 aliphatic heterocycles. The van der Waals surface area contributed by atoms with Crippen LogP contribution in [-0.4, -0.2) is 140 Å². The summed E-state index contributed by atoms with van der Waals surface area (Å²) >= 11 is 0. The maximum absolute atomic E-state index is 13.2. The molecule has 2 aliphatic rings. The van der Waals surface area contributed by atoms with E-state index in [2.05, 4.69) is 55.6 Å². The minimum absolute atomic E-state index is 0.256. The highest BCUT2D eigenvalue weighted by Gasteiger charge is 2.51. The van der Waals surface area contributed by atoms with Crippen LogP contribution in [0.3, 0.4) is 0 Å². The Morgan fingerprint density at radius 1 is 0.514 bits per heavy atom. The third-order valence-electron chi connectivity index (χ3n) is 13.5. The maximum atomic E-state index is 13.2. The number of aliphatic hydroxyl groups excluding tert-OH is 8. The van der Waals surface area contributed by atoms with Crippen LogP contribution < -0.4 is 5.32 Å². The van der Waals surface area contributed by atoms with Gasteiger partial charge in [0.1, 0.15) is 48.8 Å². The standard InChI is InChI=1S/C56H101NO13/c1-3-5-7-9-11-13-15-17-19-20-21-22-23-24-25-26-27-29-31-33-35-37-39-45(60)44(57-48(61)40-38-36-34-32-30-28-18-16-14-12-10-8-6-4-2)43-67-55-53(66)51(64)54(47(42-59)69-55)70-56-52(65)50(63)49(62)46(41-58)68-56/h10,12,16,18,29,31,37,39,44-47,49-56,58-60,62-66H,3-9,11,13-15,17,19-28,30,32-36,38,40-43H2,1-2H3,(H,57,61)/b12-10-,18-16-,31-29+,39-37+. The minimum Gasteiger partial charge on any atom is -0.394 e. The molecular formula is C56H101NO13. The van der Waals surface area contributed by atoms with E-state index in [4.69, 9.17) is 18.9 Å². The van der Waals surface area contributed by atoms with Crippen LogP contribution in [0.25, 0.3) is 0 Å². The first-order valence-electron chi connectivity index (χ1n) is 27.9. The zero-order chi connectivity index (χ0) is 51.0. The van der Waals surface area contributed by atoms with Crippen LogP contribution in [0.15, 0.2) is 48.6 Å². The average molecular weight is 996 g/mol. The number of ether oxygens (including phenoxy) is 4. The second-order valence-corrected chi connectivity index (χ2v) is 19.7. The zero-order valence-corrected chi connectivity index (χ0v) is 43.5. The normalized spacial score (nSPS) is 26.3. The lowest BCUT2D eigenvalue weighted by molar-refractivity contribution is -0.359. The van der Waals surface area contributed by atoms with Crippen LogP contribution in [0.1, 0.15) is 206 Å². The molecule has 0 radical (unpaired) electrons. The van der Waals surface area contributed by atoms with Crippen molar-refractivity contribution >= 4 is 5.91 Å². The van der Waals surface area contributed by atoms with E-state index in [0.717, 1.165) is 57.8 Å². The molecule has 12 unspecified atom stereocenters. The Kier molecular flexibility index (Phi) is 38.7. The Labute approximate surface area is 423 Å². The summed E-state index contributed by atoms with van der Waals surface area (Å²) in [7, 11) is 0. The van der Waals surface area contributed by atoms with Crippen LogP contribution in [0.4, 0.5) is 0 Å². The summed E-state index contributed by atoms with van der Waals surface area (Å²) in [6.07, 6.45) is 34.4. The molecule has 2 fully saturated rings. The van der Waals surface area contributed by atoms with E-state index in [-0.39, 0.29) is 18.9 Å². The summed E-state index contributed by atoms with van der Waals surface area (Å²) in [6, 6.07) is -0.939. The predicted octanol–water partition coefficient (Wildman–Crippen LogP) is 8.44. The van der Waals surface area contributed by atoms with Gasteiger partial charge in [-0.3, -0.25) is 4.79 Å². The van der Waals surface area contributed by atoms with Crippen molar-refractivity contribution in [3.05, 3.63) is 48.6 Å². The molecule has 14 nitrogen and oxygen atoms in total. The Morgan fingerprint density at radius 2 is 0.971 bits per heavy atom. The number of carbonyl (C=O) groups excluding carboxylic acids is 1. The highest BCUT2D eigenvalue weighted by Crippen LogP contribution is 2.30. The van der Waals surface area contributed by atoms with Crippen molar-refractivity contribution in [3.8, 4) is 0 Å². The molecule has 2 rings (SSSR count). The second-order valence-electron chi connectivity index (χ2n) is 19.7. The van der Waals surface area contributed by atoms with Gasteiger partial charge in [0.05, 0.1) is 32.0 Å². The number of hydrogen-bond donors (Lipinski definition) is 9. The van der Waals surface area contributed by atoms with Crippen LogP contribution in [-0.2, 0) is 23.7 Å². The molecule has 9 N–H and O–H groups in total. The number of hydrogen-bond acceptors (Lipinski definition) is 13. The van der Waals surface area contributed by atoms with E-state index in [1.54, 1.807) is 6.08 Å². The average Bonchev–Trinajstić information content (AvgIpc) is 3.36. The van der Waals surface area contributed by atoms with Gasteiger partial charge >= 0.3 is 0 Å². The molecule has 0 aromatic heterocycles. The van der Waals surface area contributed by atoms with E-state index in [1.807, 2.05) is 6.08 Å². The summed E-state index contributed by atoms with van der Waals surface area (Å²) in [4.78, 5) is 13.2. The van der Waals surface area contributed by atoms with Gasteiger partial charge in [-0.05, 0) is 57.8 Å². The molecule has 14 heteroatoms. The first kappa shape index (κ1) is 64.1. The highest BCUT2D eigenvalue weighted by molar-refractivity contribution is 5.76. The van der Waals surface area contributed by atoms with E-state index in [1.165, 1.54) is 116 Å². The highest BCUT2D eigenvalue weighted by atomic mass is 16.7. The molecule has 0 aromatic carbocycles. The molecule has 2 saturated heterocycles. The summed E-state index contributed by atoms with van der Waals surface area (Å²) in [6.45, 7) is 2.72. The number of aliphatic hydroxyl groups is 8. The van der Waals surface area contributed by atoms with E-state index in [0.29, 0.717) is 12.8 Å². The van der Waals surface area contributed by atoms with Gasteiger partial charge in [0.25, 0.3) is 0 Å². The molecule has 0 saturated carbocycles. The number of carbonyl (C=O) groups is 1. The van der Waals surface area contributed by atoms with Crippen molar-refractivity contribution in [2.75, 3.05) is 19.8 Å². The molecule has 0 spiro atoms. The van der Waals surface area contributed by atoms with Gasteiger partial charge in [0.2, 0.25) is 5.91 Å². The predicted molar refractivity (Wildman–Crippen MR) is 277 cm³/mol. The molecular weight excluding hydrogens is 895 g/mol. The van der Waals surface area contributed by atoms with Crippen molar-refractivity contribution in [3.63, 3.8) is 0 Å².